The summed E-state index contributed by atoms with van der Waals surface area (Å²) in [5, 5.41) is 9.72. The third kappa shape index (κ3) is 5.46. The largest absolute Gasteiger partial charge is 0.496 e. The predicted molar refractivity (Wildman–Crippen MR) is 145 cm³/mol. The molecule has 8 heteroatoms. The maximum atomic E-state index is 5.86. The average molecular weight is 477 g/mol. The number of benzene rings is 2. The first kappa shape index (κ1) is 23.9. The molecule has 1 atom stereocenters. The second kappa shape index (κ2) is 11.3. The molecule has 178 valence electrons. The highest BCUT2D eigenvalue weighted by Gasteiger charge is 2.14. The van der Waals surface area contributed by atoms with Gasteiger partial charge in [-0.2, -0.15) is 10.5 Å². The Morgan fingerprint density at radius 2 is 2.06 bits per heavy atom. The minimum Gasteiger partial charge on any atom is -0.496 e. The number of aliphatic imine (C=N–C) groups is 1. The summed E-state index contributed by atoms with van der Waals surface area (Å²) in [5.74, 6) is 1.30. The number of allylic oxidation sites excluding steroid dienone is 1. The van der Waals surface area contributed by atoms with Gasteiger partial charge in [-0.1, -0.05) is 23.6 Å². The fourth-order valence-electron chi connectivity index (χ4n) is 3.95. The zero-order chi connectivity index (χ0) is 23.9. The van der Waals surface area contributed by atoms with Crippen molar-refractivity contribution in [2.45, 2.75) is 30.7 Å². The number of para-hydroxylation sites is 1. The molecule has 0 amide bonds. The maximum Gasteiger partial charge on any atom is 0.227 e. The first-order valence-electron chi connectivity index (χ1n) is 11.4. The van der Waals surface area contributed by atoms with Crippen molar-refractivity contribution in [2.75, 3.05) is 31.8 Å². The van der Waals surface area contributed by atoms with Crippen molar-refractivity contribution in [3.8, 4) is 16.9 Å². The van der Waals surface area contributed by atoms with Crippen molar-refractivity contribution in [3.63, 3.8) is 0 Å². The van der Waals surface area contributed by atoms with E-state index in [4.69, 9.17) is 15.5 Å². The number of nitrogens with two attached hydrogens (primary N) is 1. The van der Waals surface area contributed by atoms with Gasteiger partial charge in [-0.25, -0.2) is 9.97 Å². The molecule has 1 aliphatic heterocycles. The molecule has 4 rings (SSSR count). The standard InChI is InChI=1S/C26H32N6OS/c1-4-34(3)21-8-9-22(24(14-21)33-2)23-7-5-6-18-16-30-26(32-25(18)23)31-20(15-27)17-29-19-10-12-28-13-11-19/h4-9,14-17,19,28H,10-13,27H2,1-3H3,(H,30,31,32). The summed E-state index contributed by atoms with van der Waals surface area (Å²) in [4.78, 5) is 15.2. The van der Waals surface area contributed by atoms with Crippen LogP contribution in [0, 0.1) is 0 Å². The van der Waals surface area contributed by atoms with Crippen molar-refractivity contribution in [3.05, 3.63) is 54.5 Å². The van der Waals surface area contributed by atoms with Crippen molar-refractivity contribution in [1.82, 2.24) is 15.3 Å². The van der Waals surface area contributed by atoms with Gasteiger partial charge in [0, 0.05) is 40.0 Å². The van der Waals surface area contributed by atoms with E-state index in [1.165, 1.54) is 11.1 Å². The van der Waals surface area contributed by atoms with Crippen LogP contribution in [-0.4, -0.2) is 54.0 Å². The zero-order valence-corrected chi connectivity index (χ0v) is 20.7. The van der Waals surface area contributed by atoms with E-state index >= 15 is 0 Å². The summed E-state index contributed by atoms with van der Waals surface area (Å²) in [6.07, 6.45) is 9.36. The quantitative estimate of drug-likeness (QED) is 0.345. The molecule has 0 bridgehead atoms. The molecule has 0 saturated carbocycles. The van der Waals surface area contributed by atoms with E-state index in [9.17, 15) is 0 Å². The number of nitrogens with one attached hydrogen (secondary N) is 2. The van der Waals surface area contributed by atoms with Gasteiger partial charge < -0.3 is 21.1 Å². The molecular weight excluding hydrogens is 444 g/mol. The van der Waals surface area contributed by atoms with Gasteiger partial charge in [-0.05, 0) is 57.3 Å². The second-order valence-corrected chi connectivity index (χ2v) is 10.2. The molecule has 1 aliphatic rings. The number of fused-ring (bicyclic) bond motifs is 1. The van der Waals surface area contributed by atoms with Gasteiger partial charge in [-0.15, -0.1) is 0 Å². The van der Waals surface area contributed by atoms with Crippen LogP contribution < -0.4 is 21.1 Å². The highest BCUT2D eigenvalue weighted by molar-refractivity contribution is 8.14. The van der Waals surface area contributed by atoms with Crippen LogP contribution in [0.3, 0.4) is 0 Å². The van der Waals surface area contributed by atoms with Gasteiger partial charge >= 0.3 is 0 Å². The van der Waals surface area contributed by atoms with Crippen LogP contribution in [0.15, 0.2) is 64.4 Å². The fraction of sp³-hybridized carbons (Fsp3) is 0.308. The first-order valence-corrected chi connectivity index (χ1v) is 13.1. The Kier molecular flexibility index (Phi) is 7.92. The molecule has 0 aliphatic carbocycles. The van der Waals surface area contributed by atoms with Gasteiger partial charge in [-0.3, -0.25) is 4.99 Å². The summed E-state index contributed by atoms with van der Waals surface area (Å²) < 4.78 is 5.77. The summed E-state index contributed by atoms with van der Waals surface area (Å²) in [5.41, 5.74) is 9.36. The van der Waals surface area contributed by atoms with E-state index in [0.29, 0.717) is 17.7 Å². The summed E-state index contributed by atoms with van der Waals surface area (Å²) in [6, 6.07) is 12.8. The molecule has 1 fully saturated rings. The van der Waals surface area contributed by atoms with Crippen LogP contribution in [-0.2, 0) is 0 Å². The minimum absolute atomic E-state index is 0.0656. The van der Waals surface area contributed by atoms with Crippen molar-refractivity contribution >= 4 is 38.9 Å². The van der Waals surface area contributed by atoms with Crippen molar-refractivity contribution in [1.29, 1.82) is 0 Å². The Labute approximate surface area is 203 Å². The van der Waals surface area contributed by atoms with E-state index < -0.39 is 0 Å². The molecule has 7 nitrogen and oxygen atoms in total. The number of piperidine rings is 1. The van der Waals surface area contributed by atoms with Gasteiger partial charge in [0.2, 0.25) is 5.95 Å². The number of ether oxygens (including phenoxy) is 1. The molecule has 1 aromatic heterocycles. The van der Waals surface area contributed by atoms with Crippen molar-refractivity contribution in [2.24, 2.45) is 10.7 Å². The Hall–Kier alpha value is -3.23. The van der Waals surface area contributed by atoms with Crippen LogP contribution in [0.5, 0.6) is 5.75 Å². The molecule has 1 unspecified atom stereocenters. The smallest absolute Gasteiger partial charge is 0.227 e. The van der Waals surface area contributed by atoms with Gasteiger partial charge in [0.15, 0.2) is 0 Å². The summed E-state index contributed by atoms with van der Waals surface area (Å²) >= 11 is 0. The molecule has 0 radical (unpaired) electrons. The van der Waals surface area contributed by atoms with Crippen LogP contribution in [0.1, 0.15) is 19.8 Å². The third-order valence-electron chi connectivity index (χ3n) is 5.97. The summed E-state index contributed by atoms with van der Waals surface area (Å²) in [6.45, 7) is 4.07. The molecule has 0 spiro atoms. The number of nitrogens with zero attached hydrogens (tertiary/aromatic N) is 3. The van der Waals surface area contributed by atoms with E-state index in [2.05, 4.69) is 63.4 Å². The SMILES string of the molecule is C/C=S(/C)c1ccc(-c2cccc3cnc(NC(C=NC4CCNCC4)=CN)nc23)c(OC)c1. The van der Waals surface area contributed by atoms with Crippen LogP contribution >= 0.6 is 10.5 Å². The van der Waals surface area contributed by atoms with Gasteiger partial charge in [0.05, 0.1) is 24.4 Å². The highest BCUT2D eigenvalue weighted by Crippen LogP contribution is 2.37. The molecule has 2 aromatic carbocycles. The summed E-state index contributed by atoms with van der Waals surface area (Å²) in [7, 11) is 1.77. The Morgan fingerprint density at radius 1 is 1.24 bits per heavy atom. The van der Waals surface area contributed by atoms with Gasteiger partial charge in [0.25, 0.3) is 0 Å². The van der Waals surface area contributed by atoms with Crippen LogP contribution in [0.2, 0.25) is 0 Å². The van der Waals surface area contributed by atoms with Gasteiger partial charge in [0.1, 0.15) is 5.75 Å². The molecule has 1 saturated heterocycles. The number of hydrogen-bond donors (Lipinski definition) is 3. The topological polar surface area (TPSA) is 97.5 Å². The minimum atomic E-state index is 0.0656. The Balaban J connectivity index is 1.66. The lowest BCUT2D eigenvalue weighted by Crippen LogP contribution is -2.30. The Morgan fingerprint density at radius 3 is 2.79 bits per heavy atom. The molecule has 2 heterocycles. The monoisotopic (exact) mass is 476 g/mol. The fourth-order valence-corrected chi connectivity index (χ4v) is 4.80. The molecule has 34 heavy (non-hydrogen) atoms. The number of rotatable bonds is 7. The van der Waals surface area contributed by atoms with Crippen LogP contribution in [0.4, 0.5) is 5.95 Å². The first-order chi connectivity index (χ1) is 16.6. The lowest BCUT2D eigenvalue weighted by Gasteiger charge is -2.18. The lowest BCUT2D eigenvalue weighted by molar-refractivity contribution is 0.415. The normalized spacial score (nSPS) is 16.3. The number of anilines is 1. The maximum absolute atomic E-state index is 5.86. The van der Waals surface area contributed by atoms with E-state index in [0.717, 1.165) is 53.7 Å². The molecule has 3 aromatic rings. The Bertz CT molecular complexity index is 1250. The highest BCUT2D eigenvalue weighted by atomic mass is 32.2. The number of methoxy groups -OCH3 is 1. The predicted octanol–water partition coefficient (Wildman–Crippen LogP) is 4.42. The average Bonchev–Trinajstić information content (AvgIpc) is 2.90. The second-order valence-electron chi connectivity index (χ2n) is 8.10. The number of hydrogen-bond acceptors (Lipinski definition) is 7. The molecular formula is C26H32N6OS. The number of aromatic nitrogens is 2. The third-order valence-corrected chi connectivity index (χ3v) is 7.67. The van der Waals surface area contributed by atoms with E-state index in [1.54, 1.807) is 13.3 Å². The zero-order valence-electron chi connectivity index (χ0n) is 19.9. The molecule has 4 N–H and O–H groups in total. The van der Waals surface area contributed by atoms with E-state index in [1.807, 2.05) is 18.3 Å². The lowest BCUT2D eigenvalue weighted by atomic mass is 10.0. The van der Waals surface area contributed by atoms with Crippen LogP contribution in [0.25, 0.3) is 22.0 Å². The van der Waals surface area contributed by atoms with E-state index in [-0.39, 0.29) is 10.5 Å². The van der Waals surface area contributed by atoms with Crippen molar-refractivity contribution < 1.29 is 4.74 Å².